The molecule has 0 atom stereocenters. The van der Waals surface area contributed by atoms with E-state index in [-0.39, 0.29) is 0 Å². The maximum absolute atomic E-state index is 9.47. The van der Waals surface area contributed by atoms with Crippen LogP contribution in [0.5, 0.6) is 5.75 Å². The Morgan fingerprint density at radius 1 is 1.33 bits per heavy atom. The second-order valence-corrected chi connectivity index (χ2v) is 3.01. The van der Waals surface area contributed by atoms with Gasteiger partial charge in [-0.05, 0) is 18.9 Å². The summed E-state index contributed by atoms with van der Waals surface area (Å²) in [5.41, 5.74) is 6.68. The number of hydrogen-bond donors (Lipinski definition) is 2. The van der Waals surface area contributed by atoms with E-state index in [1.807, 2.05) is 18.2 Å². The summed E-state index contributed by atoms with van der Waals surface area (Å²) in [6.07, 6.45) is 3.86. The largest absolute Gasteiger partial charge is 0.507 e. The summed E-state index contributed by atoms with van der Waals surface area (Å²) in [7, 11) is 0. The van der Waals surface area contributed by atoms with Gasteiger partial charge in [-0.3, -0.25) is 0 Å². The van der Waals surface area contributed by atoms with E-state index in [0.717, 1.165) is 29.0 Å². The third-order valence-corrected chi connectivity index (χ3v) is 2.19. The maximum atomic E-state index is 9.47. The minimum Gasteiger partial charge on any atom is -0.507 e. The van der Waals surface area contributed by atoms with Crippen molar-refractivity contribution < 1.29 is 5.11 Å². The van der Waals surface area contributed by atoms with Crippen LogP contribution in [0.15, 0.2) is 18.2 Å². The summed E-state index contributed by atoms with van der Waals surface area (Å²) in [6, 6.07) is 5.45. The van der Waals surface area contributed by atoms with Gasteiger partial charge in [-0.2, -0.15) is 0 Å². The molecule has 2 nitrogen and oxygen atoms in total. The van der Waals surface area contributed by atoms with Crippen LogP contribution in [0, 0.1) is 0 Å². The van der Waals surface area contributed by atoms with Gasteiger partial charge in [0.2, 0.25) is 0 Å². The minimum absolute atomic E-state index is 0.329. The highest BCUT2D eigenvalue weighted by Gasteiger charge is 2.02. The van der Waals surface area contributed by atoms with Crippen LogP contribution >= 0.6 is 0 Å². The lowest BCUT2D eigenvalue weighted by atomic mass is 10.0. The second kappa shape index (κ2) is 2.55. The van der Waals surface area contributed by atoms with E-state index >= 15 is 0 Å². The topological polar surface area (TPSA) is 46.2 Å². The van der Waals surface area contributed by atoms with Crippen molar-refractivity contribution in [3.05, 3.63) is 28.6 Å². The van der Waals surface area contributed by atoms with E-state index in [0.29, 0.717) is 5.75 Å². The molecule has 0 amide bonds. The van der Waals surface area contributed by atoms with Gasteiger partial charge >= 0.3 is 0 Å². The van der Waals surface area contributed by atoms with Crippen molar-refractivity contribution in [2.24, 2.45) is 5.73 Å². The summed E-state index contributed by atoms with van der Waals surface area (Å²) >= 11 is 0. The van der Waals surface area contributed by atoms with E-state index in [2.05, 4.69) is 0 Å². The Morgan fingerprint density at radius 2 is 2.17 bits per heavy atom. The number of nitrogens with two attached hydrogens (primary N) is 1. The zero-order chi connectivity index (χ0) is 8.55. The van der Waals surface area contributed by atoms with Gasteiger partial charge in [-0.1, -0.05) is 18.2 Å². The lowest BCUT2D eigenvalue weighted by Gasteiger charge is -2.06. The van der Waals surface area contributed by atoms with Crippen LogP contribution in [0.2, 0.25) is 0 Å². The van der Waals surface area contributed by atoms with Crippen LogP contribution in [0.1, 0.15) is 12.8 Å². The average Bonchev–Trinajstić information content (AvgIpc) is 2.07. The normalized spacial score (nSPS) is 15.2. The molecule has 0 spiro atoms. The Hall–Kier alpha value is -1.44. The molecule has 62 valence electrons. The zero-order valence-corrected chi connectivity index (χ0v) is 6.75. The summed E-state index contributed by atoms with van der Waals surface area (Å²) < 4.78 is 0. The molecular formula is C10H11NO. The Bertz CT molecular complexity index is 420. The number of rotatable bonds is 0. The van der Waals surface area contributed by atoms with Gasteiger partial charge in [0.25, 0.3) is 0 Å². The fourth-order valence-corrected chi connectivity index (χ4v) is 1.55. The molecule has 0 saturated heterocycles. The van der Waals surface area contributed by atoms with Crippen LogP contribution in [0.4, 0.5) is 0 Å². The van der Waals surface area contributed by atoms with Gasteiger partial charge in [0.15, 0.2) is 0 Å². The van der Waals surface area contributed by atoms with Gasteiger partial charge in [0.1, 0.15) is 5.75 Å². The first-order valence-corrected chi connectivity index (χ1v) is 4.06. The predicted octanol–water partition coefficient (Wildman–Crippen LogP) is 0.0334. The minimum atomic E-state index is 0.329. The molecule has 3 N–H and O–H groups in total. The number of phenols is 1. The molecule has 0 bridgehead atoms. The molecular weight excluding hydrogens is 150 g/mol. The molecule has 1 aliphatic carbocycles. The number of hydrogen-bond acceptors (Lipinski definition) is 2. The first-order chi connectivity index (χ1) is 5.79. The smallest absolute Gasteiger partial charge is 0.123 e. The Morgan fingerprint density at radius 3 is 2.92 bits per heavy atom. The fraction of sp³-hybridized carbons (Fsp3) is 0.200. The number of benzene rings is 1. The van der Waals surface area contributed by atoms with Gasteiger partial charge in [-0.25, -0.2) is 0 Å². The predicted molar refractivity (Wildman–Crippen MR) is 48.7 cm³/mol. The Labute approximate surface area is 70.6 Å². The Kier molecular flexibility index (Phi) is 1.54. The quantitative estimate of drug-likeness (QED) is 0.564. The summed E-state index contributed by atoms with van der Waals surface area (Å²) in [6.45, 7) is 0. The highest BCUT2D eigenvalue weighted by atomic mass is 16.3. The van der Waals surface area contributed by atoms with E-state index in [1.54, 1.807) is 6.07 Å². The van der Waals surface area contributed by atoms with Crippen molar-refractivity contribution in [3.63, 3.8) is 0 Å². The monoisotopic (exact) mass is 161 g/mol. The summed E-state index contributed by atoms with van der Waals surface area (Å²) in [5, 5.41) is 11.4. The first kappa shape index (κ1) is 7.22. The molecule has 0 radical (unpaired) electrons. The molecule has 0 saturated carbocycles. The number of aromatic hydroxyl groups is 1. The van der Waals surface area contributed by atoms with Crippen molar-refractivity contribution in [2.75, 3.05) is 0 Å². The van der Waals surface area contributed by atoms with E-state index in [9.17, 15) is 5.11 Å². The van der Waals surface area contributed by atoms with Crippen LogP contribution in [-0.2, 0) is 0 Å². The highest BCUT2D eigenvalue weighted by molar-refractivity contribution is 5.50. The Balaban J connectivity index is 2.93. The van der Waals surface area contributed by atoms with Crippen LogP contribution in [0.3, 0.4) is 0 Å². The molecule has 1 aromatic rings. The van der Waals surface area contributed by atoms with E-state index in [1.165, 1.54) is 0 Å². The third-order valence-electron chi connectivity index (χ3n) is 2.19. The van der Waals surface area contributed by atoms with Crippen molar-refractivity contribution >= 4 is 11.8 Å². The maximum Gasteiger partial charge on any atom is 0.123 e. The van der Waals surface area contributed by atoms with Gasteiger partial charge < -0.3 is 10.8 Å². The molecule has 0 aliphatic heterocycles. The van der Waals surface area contributed by atoms with Gasteiger partial charge in [-0.15, -0.1) is 0 Å². The standard InChI is InChI=1S/C10H11NO/c11-9-5-1-4-8-7(9)3-2-6-10(8)12/h2-4,6,12H,1,5,11H2. The third kappa shape index (κ3) is 0.961. The lowest BCUT2D eigenvalue weighted by molar-refractivity contribution is 0.470. The SMILES string of the molecule is NC1=c2cccc(O)c2=CCC1. The molecule has 0 aromatic heterocycles. The van der Waals surface area contributed by atoms with Crippen LogP contribution in [-0.4, -0.2) is 5.11 Å². The van der Waals surface area contributed by atoms with Crippen molar-refractivity contribution in [2.45, 2.75) is 12.8 Å². The number of phenolic OH excluding ortho intramolecular Hbond substituents is 1. The molecule has 0 heterocycles. The fourth-order valence-electron chi connectivity index (χ4n) is 1.55. The van der Waals surface area contributed by atoms with E-state index in [4.69, 9.17) is 5.73 Å². The number of fused-ring (bicyclic) bond motifs is 1. The molecule has 0 unspecified atom stereocenters. The van der Waals surface area contributed by atoms with Crippen molar-refractivity contribution in [1.29, 1.82) is 0 Å². The molecule has 1 aliphatic rings. The lowest BCUT2D eigenvalue weighted by Crippen LogP contribution is -2.32. The van der Waals surface area contributed by atoms with Crippen LogP contribution < -0.4 is 16.2 Å². The van der Waals surface area contributed by atoms with Crippen molar-refractivity contribution in [3.8, 4) is 5.75 Å². The second-order valence-electron chi connectivity index (χ2n) is 3.01. The summed E-state index contributed by atoms with van der Waals surface area (Å²) in [5.74, 6) is 0.329. The van der Waals surface area contributed by atoms with Crippen molar-refractivity contribution in [1.82, 2.24) is 0 Å². The molecule has 2 heteroatoms. The average molecular weight is 161 g/mol. The first-order valence-electron chi connectivity index (χ1n) is 4.06. The molecule has 0 fully saturated rings. The molecule has 2 rings (SSSR count). The van der Waals surface area contributed by atoms with Gasteiger partial charge in [0, 0.05) is 16.1 Å². The van der Waals surface area contributed by atoms with Gasteiger partial charge in [0.05, 0.1) is 0 Å². The molecule has 1 aromatic carbocycles. The van der Waals surface area contributed by atoms with E-state index < -0.39 is 0 Å². The zero-order valence-electron chi connectivity index (χ0n) is 6.75. The highest BCUT2D eigenvalue weighted by Crippen LogP contribution is 2.04. The van der Waals surface area contributed by atoms with Crippen LogP contribution in [0.25, 0.3) is 11.8 Å². The summed E-state index contributed by atoms with van der Waals surface area (Å²) in [4.78, 5) is 0. The molecule has 12 heavy (non-hydrogen) atoms.